The first kappa shape index (κ1) is 29.1. The number of aliphatic carboxylic acids is 3. The maximum absolute atomic E-state index is 12.7. The highest BCUT2D eigenvalue weighted by molar-refractivity contribution is 7.98. The molecular weight excluding hydrogens is 448 g/mol. The normalized spacial score (nSPS) is 14.3. The molecule has 14 heteroatoms. The summed E-state index contributed by atoms with van der Waals surface area (Å²) in [6.07, 6.45) is 0.200. The highest BCUT2D eigenvalue weighted by atomic mass is 32.2. The molecule has 0 radical (unpaired) electrons. The van der Waals surface area contributed by atoms with Gasteiger partial charge in [-0.1, -0.05) is 0 Å². The number of hydrogen-bond donors (Lipinski definition) is 7. The Bertz CT molecular complexity index is 702. The number of nitrogens with two attached hydrogens (primary N) is 1. The molecule has 3 amide bonds. The minimum Gasteiger partial charge on any atom is -0.481 e. The summed E-state index contributed by atoms with van der Waals surface area (Å²) in [5.41, 5.74) is 5.50. The number of thioether (sulfide) groups is 1. The summed E-state index contributed by atoms with van der Waals surface area (Å²) in [5, 5.41) is 33.8. The maximum atomic E-state index is 12.7. The Morgan fingerprint density at radius 3 is 1.56 bits per heavy atom. The highest BCUT2D eigenvalue weighted by Crippen LogP contribution is 2.06. The fourth-order valence-corrected chi connectivity index (χ4v) is 2.89. The Balaban J connectivity index is 5.45. The summed E-state index contributed by atoms with van der Waals surface area (Å²) in [5.74, 6) is -5.86. The van der Waals surface area contributed by atoms with Crippen LogP contribution in [0.15, 0.2) is 0 Å². The van der Waals surface area contributed by atoms with Gasteiger partial charge >= 0.3 is 17.9 Å². The molecule has 4 atom stereocenters. The third-order valence-electron chi connectivity index (χ3n) is 4.20. The molecule has 0 fully saturated rings. The minimum absolute atomic E-state index is 0.203. The molecule has 0 saturated heterocycles. The number of rotatable bonds is 16. The molecule has 0 spiro atoms. The SMILES string of the molecule is CSCC[C@H](NC(=O)[C@H](C)N)C(=O)N[C@@H](CCC(=O)O)C(=O)N[C@@H](CCC(=O)O)C(=O)O. The Hall–Kier alpha value is -2.87. The first-order chi connectivity index (χ1) is 14.9. The molecule has 32 heavy (non-hydrogen) atoms. The second-order valence-electron chi connectivity index (χ2n) is 6.96. The molecule has 0 saturated carbocycles. The maximum Gasteiger partial charge on any atom is 0.326 e. The van der Waals surface area contributed by atoms with E-state index in [1.165, 1.54) is 18.7 Å². The summed E-state index contributed by atoms with van der Waals surface area (Å²) in [6.45, 7) is 1.42. The quantitative estimate of drug-likeness (QED) is 0.133. The number of carbonyl (C=O) groups is 6. The van der Waals surface area contributed by atoms with E-state index in [1.54, 1.807) is 6.26 Å². The standard InChI is InChI=1S/C18H30N4O9S/c1-9(19)15(27)20-11(7-8-32-2)17(29)21-10(3-5-13(23)24)16(28)22-12(18(30)31)4-6-14(25)26/h9-12H,3-8,19H2,1-2H3,(H,20,27)(H,21,29)(H,22,28)(H,23,24)(H,25,26)(H,30,31)/t9-,10-,11-,12-/m0/s1. The summed E-state index contributed by atoms with van der Waals surface area (Å²) >= 11 is 1.41. The lowest BCUT2D eigenvalue weighted by Crippen LogP contribution is -2.57. The van der Waals surface area contributed by atoms with Crippen LogP contribution < -0.4 is 21.7 Å². The predicted molar refractivity (Wildman–Crippen MR) is 114 cm³/mol. The fraction of sp³-hybridized carbons (Fsp3) is 0.667. The Kier molecular flexibility index (Phi) is 13.7. The van der Waals surface area contributed by atoms with Crippen LogP contribution in [0, 0.1) is 0 Å². The first-order valence-corrected chi connectivity index (χ1v) is 11.1. The summed E-state index contributed by atoms with van der Waals surface area (Å²) in [7, 11) is 0. The Labute approximate surface area is 188 Å². The van der Waals surface area contributed by atoms with Gasteiger partial charge in [0.05, 0.1) is 6.04 Å². The van der Waals surface area contributed by atoms with Gasteiger partial charge < -0.3 is 37.0 Å². The average molecular weight is 479 g/mol. The van der Waals surface area contributed by atoms with Crippen molar-refractivity contribution in [2.45, 2.75) is 63.2 Å². The molecule has 8 N–H and O–H groups in total. The number of amides is 3. The van der Waals surface area contributed by atoms with Gasteiger partial charge in [0.1, 0.15) is 18.1 Å². The van der Waals surface area contributed by atoms with Gasteiger partial charge in [0.25, 0.3) is 0 Å². The van der Waals surface area contributed by atoms with Crippen LogP contribution in [0.5, 0.6) is 0 Å². The fourth-order valence-electron chi connectivity index (χ4n) is 2.41. The van der Waals surface area contributed by atoms with Crippen molar-refractivity contribution >= 4 is 47.4 Å². The van der Waals surface area contributed by atoms with Gasteiger partial charge in [0.15, 0.2) is 0 Å². The van der Waals surface area contributed by atoms with Gasteiger partial charge in [-0.15, -0.1) is 0 Å². The van der Waals surface area contributed by atoms with E-state index in [9.17, 15) is 33.9 Å². The molecule has 0 aromatic heterocycles. The first-order valence-electron chi connectivity index (χ1n) is 9.71. The van der Waals surface area contributed by atoms with E-state index in [2.05, 4.69) is 16.0 Å². The van der Waals surface area contributed by atoms with E-state index >= 15 is 0 Å². The molecule has 0 aromatic carbocycles. The molecule has 0 aliphatic rings. The van der Waals surface area contributed by atoms with Crippen molar-refractivity contribution in [2.75, 3.05) is 12.0 Å². The van der Waals surface area contributed by atoms with Crippen LogP contribution >= 0.6 is 11.8 Å². The molecular formula is C18H30N4O9S. The van der Waals surface area contributed by atoms with E-state index in [0.717, 1.165) is 0 Å². The van der Waals surface area contributed by atoms with Gasteiger partial charge in [-0.25, -0.2) is 4.79 Å². The number of hydrogen-bond acceptors (Lipinski definition) is 8. The largest absolute Gasteiger partial charge is 0.481 e. The van der Waals surface area contributed by atoms with Crippen molar-refractivity contribution in [2.24, 2.45) is 5.73 Å². The number of carboxylic acid groups (broad SMARTS) is 3. The van der Waals surface area contributed by atoms with E-state index in [4.69, 9.17) is 15.9 Å². The van der Waals surface area contributed by atoms with E-state index in [0.29, 0.717) is 5.75 Å². The number of carboxylic acids is 3. The van der Waals surface area contributed by atoms with Gasteiger partial charge in [-0.3, -0.25) is 24.0 Å². The van der Waals surface area contributed by atoms with Crippen molar-refractivity contribution < 1.29 is 44.1 Å². The lowest BCUT2D eigenvalue weighted by atomic mass is 10.1. The number of carbonyl (C=O) groups excluding carboxylic acids is 3. The lowest BCUT2D eigenvalue weighted by molar-refractivity contribution is -0.144. The smallest absolute Gasteiger partial charge is 0.326 e. The topological polar surface area (TPSA) is 225 Å². The van der Waals surface area contributed by atoms with Crippen molar-refractivity contribution in [3.63, 3.8) is 0 Å². The van der Waals surface area contributed by atoms with Crippen LogP contribution in [0.4, 0.5) is 0 Å². The molecule has 0 rings (SSSR count). The van der Waals surface area contributed by atoms with Crippen LogP contribution in [0.25, 0.3) is 0 Å². The summed E-state index contributed by atoms with van der Waals surface area (Å²) in [6, 6.07) is -4.92. The average Bonchev–Trinajstić information content (AvgIpc) is 2.69. The third-order valence-corrected chi connectivity index (χ3v) is 4.84. The molecule has 0 aromatic rings. The highest BCUT2D eigenvalue weighted by Gasteiger charge is 2.30. The van der Waals surface area contributed by atoms with Crippen LogP contribution in [-0.2, 0) is 28.8 Å². The third kappa shape index (κ3) is 12.1. The van der Waals surface area contributed by atoms with Crippen LogP contribution in [-0.4, -0.2) is 87.1 Å². The summed E-state index contributed by atoms with van der Waals surface area (Å²) in [4.78, 5) is 70.1. The van der Waals surface area contributed by atoms with Gasteiger partial charge in [0.2, 0.25) is 17.7 Å². The van der Waals surface area contributed by atoms with Gasteiger partial charge in [-0.05, 0) is 38.2 Å². The van der Waals surface area contributed by atoms with Crippen molar-refractivity contribution in [3.05, 3.63) is 0 Å². The van der Waals surface area contributed by atoms with Gasteiger partial charge in [0, 0.05) is 12.8 Å². The molecule has 0 aliphatic carbocycles. The zero-order valence-electron chi connectivity index (χ0n) is 17.8. The molecule has 0 aliphatic heterocycles. The molecule has 0 heterocycles. The summed E-state index contributed by atoms with van der Waals surface area (Å²) < 4.78 is 0. The van der Waals surface area contributed by atoms with Crippen molar-refractivity contribution in [3.8, 4) is 0 Å². The molecule has 0 unspecified atom stereocenters. The van der Waals surface area contributed by atoms with Crippen LogP contribution in [0.3, 0.4) is 0 Å². The van der Waals surface area contributed by atoms with Crippen molar-refractivity contribution in [1.29, 1.82) is 0 Å². The molecule has 13 nitrogen and oxygen atoms in total. The predicted octanol–water partition coefficient (Wildman–Crippen LogP) is -1.64. The second kappa shape index (κ2) is 15.0. The molecule has 0 bridgehead atoms. The number of nitrogens with one attached hydrogen (secondary N) is 3. The minimum atomic E-state index is -1.55. The van der Waals surface area contributed by atoms with Crippen LogP contribution in [0.2, 0.25) is 0 Å². The zero-order chi connectivity index (χ0) is 24.8. The Morgan fingerprint density at radius 1 is 0.750 bits per heavy atom. The van der Waals surface area contributed by atoms with E-state index in [-0.39, 0.29) is 12.8 Å². The second-order valence-corrected chi connectivity index (χ2v) is 7.94. The van der Waals surface area contributed by atoms with E-state index in [1.807, 2.05) is 0 Å². The zero-order valence-corrected chi connectivity index (χ0v) is 18.6. The van der Waals surface area contributed by atoms with Crippen LogP contribution in [0.1, 0.15) is 39.0 Å². The monoisotopic (exact) mass is 478 g/mol. The van der Waals surface area contributed by atoms with E-state index < -0.39 is 79.1 Å². The van der Waals surface area contributed by atoms with Crippen molar-refractivity contribution in [1.82, 2.24) is 16.0 Å². The lowest BCUT2D eigenvalue weighted by Gasteiger charge is -2.24. The van der Waals surface area contributed by atoms with Gasteiger partial charge in [-0.2, -0.15) is 11.8 Å². The Morgan fingerprint density at radius 2 is 1.16 bits per heavy atom. The molecule has 182 valence electrons.